The lowest BCUT2D eigenvalue weighted by Gasteiger charge is -2.36. The lowest BCUT2D eigenvalue weighted by Crippen LogP contribution is -2.51. The zero-order chi connectivity index (χ0) is 21.5. The standard InChI is InChI=1S/C24H30N4O3/c29-23(21-9-3-4-10-22(21)31-20-8-5-11-25-18-20)26-12-13-27-14-16-28(17-15-27)24(30)19-6-1-2-7-19/h3-5,8-11,18-19H,1-2,6-7,12-17H2,(H,26,29). The summed E-state index contributed by atoms with van der Waals surface area (Å²) in [5.41, 5.74) is 0.498. The fourth-order valence-corrected chi connectivity index (χ4v) is 4.32. The average molecular weight is 423 g/mol. The van der Waals surface area contributed by atoms with E-state index in [0.29, 0.717) is 29.5 Å². The number of nitrogens with one attached hydrogen (secondary N) is 1. The largest absolute Gasteiger partial charge is 0.455 e. The van der Waals surface area contributed by atoms with Gasteiger partial charge in [0.05, 0.1) is 11.8 Å². The molecule has 2 heterocycles. The molecule has 2 fully saturated rings. The Morgan fingerprint density at radius 2 is 1.81 bits per heavy atom. The maximum Gasteiger partial charge on any atom is 0.255 e. The molecular weight excluding hydrogens is 392 g/mol. The van der Waals surface area contributed by atoms with Crippen LogP contribution in [0.3, 0.4) is 0 Å². The molecule has 1 aromatic carbocycles. The van der Waals surface area contributed by atoms with Crippen LogP contribution in [0.15, 0.2) is 48.8 Å². The van der Waals surface area contributed by atoms with Crippen LogP contribution in [0.4, 0.5) is 0 Å². The SMILES string of the molecule is O=C(NCCN1CCN(C(=O)C2CCCC2)CC1)c1ccccc1Oc1cccnc1. The van der Waals surface area contributed by atoms with Gasteiger partial charge in [0.15, 0.2) is 0 Å². The number of carbonyl (C=O) groups excluding carboxylic acids is 2. The van der Waals surface area contributed by atoms with E-state index in [9.17, 15) is 9.59 Å². The van der Waals surface area contributed by atoms with Gasteiger partial charge in [0.25, 0.3) is 5.91 Å². The number of para-hydroxylation sites is 1. The summed E-state index contributed by atoms with van der Waals surface area (Å²) in [6.45, 7) is 4.60. The maximum atomic E-state index is 12.7. The number of hydrogen-bond donors (Lipinski definition) is 1. The number of piperazine rings is 1. The second-order valence-electron chi connectivity index (χ2n) is 8.19. The van der Waals surface area contributed by atoms with Crippen molar-refractivity contribution in [2.45, 2.75) is 25.7 Å². The molecule has 1 N–H and O–H groups in total. The van der Waals surface area contributed by atoms with Crippen molar-refractivity contribution in [3.05, 3.63) is 54.4 Å². The van der Waals surface area contributed by atoms with Crippen molar-refractivity contribution >= 4 is 11.8 Å². The molecule has 1 aliphatic carbocycles. The maximum absolute atomic E-state index is 12.7. The van der Waals surface area contributed by atoms with E-state index in [1.54, 1.807) is 36.7 Å². The van der Waals surface area contributed by atoms with Gasteiger partial charge >= 0.3 is 0 Å². The molecule has 1 saturated carbocycles. The zero-order valence-corrected chi connectivity index (χ0v) is 17.8. The summed E-state index contributed by atoms with van der Waals surface area (Å²) in [6.07, 6.45) is 7.77. The lowest BCUT2D eigenvalue weighted by atomic mass is 10.1. The number of benzene rings is 1. The van der Waals surface area contributed by atoms with Crippen molar-refractivity contribution in [1.82, 2.24) is 20.1 Å². The molecule has 1 saturated heterocycles. The molecule has 7 heteroatoms. The van der Waals surface area contributed by atoms with Crippen LogP contribution in [-0.4, -0.2) is 65.9 Å². The third-order valence-electron chi connectivity index (χ3n) is 6.10. The highest BCUT2D eigenvalue weighted by atomic mass is 16.5. The number of amides is 2. The van der Waals surface area contributed by atoms with Gasteiger partial charge in [-0.05, 0) is 37.1 Å². The molecule has 0 radical (unpaired) electrons. The number of hydrogen-bond acceptors (Lipinski definition) is 5. The summed E-state index contributed by atoms with van der Waals surface area (Å²) in [5.74, 6) is 1.53. The third kappa shape index (κ3) is 5.61. The van der Waals surface area contributed by atoms with Crippen LogP contribution in [0.25, 0.3) is 0 Å². The zero-order valence-electron chi connectivity index (χ0n) is 17.8. The first-order valence-corrected chi connectivity index (χ1v) is 11.2. The Bertz CT molecular complexity index is 875. The molecule has 1 aromatic heterocycles. The first-order valence-electron chi connectivity index (χ1n) is 11.2. The number of ether oxygens (including phenoxy) is 1. The number of nitrogens with zero attached hydrogens (tertiary/aromatic N) is 3. The Kier molecular flexibility index (Phi) is 7.14. The summed E-state index contributed by atoms with van der Waals surface area (Å²) in [4.78, 5) is 33.6. The lowest BCUT2D eigenvalue weighted by molar-refractivity contribution is -0.137. The van der Waals surface area contributed by atoms with Gasteiger partial charge in [0.2, 0.25) is 5.91 Å². The summed E-state index contributed by atoms with van der Waals surface area (Å²) in [7, 11) is 0. The van der Waals surface area contributed by atoms with Crippen LogP contribution >= 0.6 is 0 Å². The molecule has 0 bridgehead atoms. The van der Waals surface area contributed by atoms with Crippen LogP contribution in [0, 0.1) is 5.92 Å². The Balaban J connectivity index is 1.23. The quantitative estimate of drug-likeness (QED) is 0.743. The van der Waals surface area contributed by atoms with Crippen molar-refractivity contribution in [3.8, 4) is 11.5 Å². The number of rotatable bonds is 7. The number of pyridine rings is 1. The molecule has 0 atom stereocenters. The van der Waals surface area contributed by atoms with Crippen molar-refractivity contribution in [3.63, 3.8) is 0 Å². The topological polar surface area (TPSA) is 74.8 Å². The van der Waals surface area contributed by atoms with Gasteiger partial charge in [0.1, 0.15) is 11.5 Å². The molecule has 2 amide bonds. The van der Waals surface area contributed by atoms with Crippen LogP contribution in [0.5, 0.6) is 11.5 Å². The van der Waals surface area contributed by atoms with E-state index >= 15 is 0 Å². The van der Waals surface area contributed by atoms with Gasteiger partial charge in [0, 0.05) is 51.4 Å². The fourth-order valence-electron chi connectivity index (χ4n) is 4.32. The number of aromatic nitrogens is 1. The first kappa shape index (κ1) is 21.3. The minimum Gasteiger partial charge on any atom is -0.455 e. The van der Waals surface area contributed by atoms with E-state index in [1.165, 1.54) is 12.8 Å². The van der Waals surface area contributed by atoms with Crippen LogP contribution in [0.1, 0.15) is 36.0 Å². The van der Waals surface area contributed by atoms with Crippen molar-refractivity contribution in [1.29, 1.82) is 0 Å². The molecule has 164 valence electrons. The second kappa shape index (κ2) is 10.4. The Labute approximate surface area is 183 Å². The third-order valence-corrected chi connectivity index (χ3v) is 6.10. The Morgan fingerprint density at radius 1 is 1.03 bits per heavy atom. The van der Waals surface area contributed by atoms with E-state index < -0.39 is 0 Å². The monoisotopic (exact) mass is 422 g/mol. The predicted molar refractivity (Wildman–Crippen MR) is 118 cm³/mol. The van der Waals surface area contributed by atoms with Crippen molar-refractivity contribution in [2.24, 2.45) is 5.92 Å². The van der Waals surface area contributed by atoms with Gasteiger partial charge in [-0.2, -0.15) is 0 Å². The molecule has 2 aromatic rings. The first-order chi connectivity index (χ1) is 15.2. The minimum atomic E-state index is -0.158. The Hall–Kier alpha value is -2.93. The van der Waals surface area contributed by atoms with Gasteiger partial charge in [-0.15, -0.1) is 0 Å². The minimum absolute atomic E-state index is 0.158. The molecule has 4 rings (SSSR count). The van der Waals surface area contributed by atoms with Crippen LogP contribution in [0.2, 0.25) is 0 Å². The van der Waals surface area contributed by atoms with Gasteiger partial charge < -0.3 is 15.0 Å². The van der Waals surface area contributed by atoms with E-state index in [1.807, 2.05) is 17.0 Å². The van der Waals surface area contributed by atoms with Crippen molar-refractivity contribution < 1.29 is 14.3 Å². The normalized spacial score (nSPS) is 17.5. The predicted octanol–water partition coefficient (Wildman–Crippen LogP) is 2.94. The number of carbonyl (C=O) groups is 2. The van der Waals surface area contributed by atoms with Gasteiger partial charge in [-0.25, -0.2) is 0 Å². The fraction of sp³-hybridized carbons (Fsp3) is 0.458. The molecule has 2 aliphatic rings. The van der Waals surface area contributed by atoms with Crippen molar-refractivity contribution in [2.75, 3.05) is 39.3 Å². The summed E-state index contributed by atoms with van der Waals surface area (Å²) >= 11 is 0. The molecule has 1 aliphatic heterocycles. The van der Waals surface area contributed by atoms with E-state index in [4.69, 9.17) is 4.74 Å². The Morgan fingerprint density at radius 3 is 2.55 bits per heavy atom. The highest BCUT2D eigenvalue weighted by molar-refractivity contribution is 5.97. The van der Waals surface area contributed by atoms with E-state index in [0.717, 1.165) is 45.6 Å². The van der Waals surface area contributed by atoms with E-state index in [2.05, 4.69) is 15.2 Å². The molecule has 31 heavy (non-hydrogen) atoms. The molecular formula is C24H30N4O3. The van der Waals surface area contributed by atoms with Crippen LogP contribution < -0.4 is 10.1 Å². The molecule has 0 spiro atoms. The van der Waals surface area contributed by atoms with Gasteiger partial charge in [-0.3, -0.25) is 19.5 Å². The molecule has 0 unspecified atom stereocenters. The van der Waals surface area contributed by atoms with Gasteiger partial charge in [-0.1, -0.05) is 25.0 Å². The van der Waals surface area contributed by atoms with Crippen LogP contribution in [-0.2, 0) is 4.79 Å². The highest BCUT2D eigenvalue weighted by Crippen LogP contribution is 2.27. The summed E-state index contributed by atoms with van der Waals surface area (Å²) in [6, 6.07) is 10.8. The summed E-state index contributed by atoms with van der Waals surface area (Å²) < 4.78 is 5.83. The summed E-state index contributed by atoms with van der Waals surface area (Å²) in [5, 5.41) is 2.99. The van der Waals surface area contributed by atoms with E-state index in [-0.39, 0.29) is 11.8 Å². The highest BCUT2D eigenvalue weighted by Gasteiger charge is 2.29. The smallest absolute Gasteiger partial charge is 0.255 e. The second-order valence-corrected chi connectivity index (χ2v) is 8.19. The average Bonchev–Trinajstić information content (AvgIpc) is 3.35. The molecule has 7 nitrogen and oxygen atoms in total.